The molecule has 1 aliphatic heterocycles. The van der Waals surface area contributed by atoms with Crippen LogP contribution in [-0.4, -0.2) is 54.8 Å². The lowest BCUT2D eigenvalue weighted by atomic mass is 9.63. The first kappa shape index (κ1) is 26.5. The number of hydrogen-bond donors (Lipinski definition) is 1. The summed E-state index contributed by atoms with van der Waals surface area (Å²) < 4.78 is 0. The molecule has 2 aromatic carbocycles. The Balaban J connectivity index is 1.83. The number of rotatable bonds is 6. The first-order valence-corrected chi connectivity index (χ1v) is 12.4. The molecule has 0 radical (unpaired) electrons. The summed E-state index contributed by atoms with van der Waals surface area (Å²) in [4.78, 5) is 30.7. The van der Waals surface area contributed by atoms with E-state index in [-0.39, 0.29) is 28.7 Å². The molecule has 1 saturated heterocycles. The van der Waals surface area contributed by atoms with Gasteiger partial charge in [0.05, 0.1) is 5.54 Å². The lowest BCUT2D eigenvalue weighted by Gasteiger charge is -2.57. The van der Waals surface area contributed by atoms with Crippen LogP contribution in [0.1, 0.15) is 50.0 Å². The molecule has 0 aliphatic carbocycles. The third-order valence-corrected chi connectivity index (χ3v) is 7.68. The van der Waals surface area contributed by atoms with E-state index in [0.29, 0.717) is 28.7 Å². The second-order valence-electron chi connectivity index (χ2n) is 10.4. The number of likely N-dealkylation sites (tertiary alicyclic amines) is 1. The third kappa shape index (κ3) is 5.12. The first-order chi connectivity index (χ1) is 15.9. The molecular formula is C27H35Cl2N3O2. The minimum absolute atomic E-state index is 0.0474. The van der Waals surface area contributed by atoms with Gasteiger partial charge in [0.1, 0.15) is 6.04 Å². The highest BCUT2D eigenvalue weighted by Gasteiger charge is 2.52. The van der Waals surface area contributed by atoms with Crippen LogP contribution in [0.15, 0.2) is 48.5 Å². The van der Waals surface area contributed by atoms with Crippen molar-refractivity contribution in [3.8, 4) is 0 Å². The van der Waals surface area contributed by atoms with Crippen LogP contribution in [0.4, 0.5) is 0 Å². The zero-order chi connectivity index (χ0) is 25.3. The van der Waals surface area contributed by atoms with Crippen LogP contribution in [0, 0.1) is 11.3 Å². The molecule has 1 heterocycles. The zero-order valence-corrected chi connectivity index (χ0v) is 22.4. The minimum atomic E-state index is -0.610. The summed E-state index contributed by atoms with van der Waals surface area (Å²) in [5.74, 6) is -0.374. The Morgan fingerprint density at radius 2 is 1.50 bits per heavy atom. The number of piperidine rings is 1. The second-order valence-corrected chi connectivity index (χ2v) is 11.2. The van der Waals surface area contributed by atoms with Gasteiger partial charge in [-0.3, -0.25) is 14.5 Å². The van der Waals surface area contributed by atoms with Crippen molar-refractivity contribution in [2.45, 2.75) is 45.7 Å². The molecule has 0 aromatic heterocycles. The molecule has 7 heteroatoms. The van der Waals surface area contributed by atoms with Gasteiger partial charge in [-0.05, 0) is 68.4 Å². The standard InChI is InChI=1S/C27H35Cl2N3O2/c1-18(2)23(30-24(33)19-7-11-21(28)12-8-19)25(34)32-16-15-27(31(5)6,26(3,4)17-32)20-9-13-22(29)14-10-20/h7-14,18,23H,15-17H2,1-6H3,(H,30,33)/t23-,27+/m1/s1. The van der Waals surface area contributed by atoms with Gasteiger partial charge in [0.25, 0.3) is 5.91 Å². The smallest absolute Gasteiger partial charge is 0.251 e. The van der Waals surface area contributed by atoms with Gasteiger partial charge in [-0.25, -0.2) is 0 Å². The SMILES string of the molecule is CC(C)[C@@H](NC(=O)c1ccc(Cl)cc1)C(=O)N1CC[C@@](c2ccc(Cl)cc2)(N(C)C)C(C)(C)C1. The van der Waals surface area contributed by atoms with E-state index in [4.69, 9.17) is 23.2 Å². The molecule has 1 fully saturated rings. The minimum Gasteiger partial charge on any atom is -0.340 e. The molecule has 2 aromatic rings. The lowest BCUT2D eigenvalue weighted by molar-refractivity contribution is -0.144. The maximum Gasteiger partial charge on any atom is 0.251 e. The van der Waals surface area contributed by atoms with Crippen LogP contribution in [0.3, 0.4) is 0 Å². The van der Waals surface area contributed by atoms with Crippen LogP contribution in [0.2, 0.25) is 10.0 Å². The molecule has 184 valence electrons. The molecule has 0 saturated carbocycles. The van der Waals surface area contributed by atoms with E-state index in [9.17, 15) is 9.59 Å². The predicted octanol–water partition coefficient (Wildman–Crippen LogP) is 5.46. The number of nitrogens with one attached hydrogen (secondary N) is 1. The van der Waals surface area contributed by atoms with Gasteiger partial charge in [0.15, 0.2) is 0 Å². The van der Waals surface area contributed by atoms with E-state index in [2.05, 4.69) is 50.3 Å². The Labute approximate surface area is 213 Å². The van der Waals surface area contributed by atoms with E-state index in [0.717, 1.165) is 6.42 Å². The maximum absolute atomic E-state index is 13.7. The normalized spacial score (nSPS) is 20.9. The van der Waals surface area contributed by atoms with Gasteiger partial charge in [0.2, 0.25) is 5.91 Å². The number of benzene rings is 2. The molecule has 0 bridgehead atoms. The molecule has 1 aliphatic rings. The number of amides is 2. The molecule has 34 heavy (non-hydrogen) atoms. The summed E-state index contributed by atoms with van der Waals surface area (Å²) in [6.45, 7) is 9.50. The highest BCUT2D eigenvalue weighted by atomic mass is 35.5. The average Bonchev–Trinajstić information content (AvgIpc) is 2.77. The molecule has 5 nitrogen and oxygen atoms in total. The lowest BCUT2D eigenvalue weighted by Crippen LogP contribution is -2.64. The predicted molar refractivity (Wildman–Crippen MR) is 139 cm³/mol. The average molecular weight is 505 g/mol. The van der Waals surface area contributed by atoms with Crippen molar-refractivity contribution in [1.82, 2.24) is 15.1 Å². The Morgan fingerprint density at radius 1 is 0.971 bits per heavy atom. The Kier molecular flexibility index (Phi) is 8.01. The summed E-state index contributed by atoms with van der Waals surface area (Å²) in [6.07, 6.45) is 0.774. The van der Waals surface area contributed by atoms with Gasteiger partial charge >= 0.3 is 0 Å². The van der Waals surface area contributed by atoms with E-state index in [1.165, 1.54) is 5.56 Å². The van der Waals surface area contributed by atoms with Crippen LogP contribution in [0.5, 0.6) is 0 Å². The van der Waals surface area contributed by atoms with Crippen molar-refractivity contribution < 1.29 is 9.59 Å². The van der Waals surface area contributed by atoms with Crippen molar-refractivity contribution in [2.24, 2.45) is 11.3 Å². The van der Waals surface area contributed by atoms with E-state index >= 15 is 0 Å². The van der Waals surface area contributed by atoms with E-state index in [1.807, 2.05) is 30.9 Å². The van der Waals surface area contributed by atoms with Crippen molar-refractivity contribution in [3.05, 3.63) is 69.7 Å². The number of hydrogen-bond acceptors (Lipinski definition) is 3. The highest BCUT2D eigenvalue weighted by Crippen LogP contribution is 2.49. The summed E-state index contributed by atoms with van der Waals surface area (Å²) in [7, 11) is 4.19. The second kappa shape index (κ2) is 10.3. The van der Waals surface area contributed by atoms with Gasteiger partial charge in [-0.1, -0.05) is 63.0 Å². The van der Waals surface area contributed by atoms with Crippen LogP contribution < -0.4 is 5.32 Å². The number of halogens is 2. The molecule has 0 spiro atoms. The quantitative estimate of drug-likeness (QED) is 0.568. The Morgan fingerprint density at radius 3 is 1.97 bits per heavy atom. The van der Waals surface area contributed by atoms with Gasteiger partial charge in [0, 0.05) is 34.1 Å². The number of carbonyl (C=O) groups excluding carboxylic acids is 2. The van der Waals surface area contributed by atoms with Crippen molar-refractivity contribution in [2.75, 3.05) is 27.2 Å². The largest absolute Gasteiger partial charge is 0.340 e. The first-order valence-electron chi connectivity index (χ1n) is 11.7. The summed E-state index contributed by atoms with van der Waals surface area (Å²) >= 11 is 12.1. The van der Waals surface area contributed by atoms with Crippen molar-refractivity contribution in [3.63, 3.8) is 0 Å². The highest BCUT2D eigenvalue weighted by molar-refractivity contribution is 6.30. The fourth-order valence-corrected chi connectivity index (χ4v) is 5.65. The topological polar surface area (TPSA) is 52.7 Å². The van der Waals surface area contributed by atoms with Crippen LogP contribution >= 0.6 is 23.2 Å². The molecular weight excluding hydrogens is 469 g/mol. The van der Waals surface area contributed by atoms with Gasteiger partial charge in [-0.15, -0.1) is 0 Å². The molecule has 2 amide bonds. The van der Waals surface area contributed by atoms with Crippen molar-refractivity contribution in [1.29, 1.82) is 0 Å². The molecule has 1 N–H and O–H groups in total. The Bertz CT molecular complexity index is 1020. The molecule has 0 unspecified atom stereocenters. The van der Waals surface area contributed by atoms with E-state index < -0.39 is 6.04 Å². The maximum atomic E-state index is 13.7. The monoisotopic (exact) mass is 503 g/mol. The van der Waals surface area contributed by atoms with Gasteiger partial charge in [-0.2, -0.15) is 0 Å². The molecule has 3 rings (SSSR count). The fraction of sp³-hybridized carbons (Fsp3) is 0.481. The third-order valence-electron chi connectivity index (χ3n) is 7.17. The zero-order valence-electron chi connectivity index (χ0n) is 20.9. The number of nitrogens with zero attached hydrogens (tertiary/aromatic N) is 2. The summed E-state index contributed by atoms with van der Waals surface area (Å²) in [6, 6.07) is 14.1. The number of carbonyl (C=O) groups is 2. The fourth-order valence-electron chi connectivity index (χ4n) is 5.39. The summed E-state index contributed by atoms with van der Waals surface area (Å²) in [5, 5.41) is 4.23. The summed E-state index contributed by atoms with van der Waals surface area (Å²) in [5.41, 5.74) is 1.17. The molecule has 2 atom stereocenters. The van der Waals surface area contributed by atoms with Crippen LogP contribution in [-0.2, 0) is 10.3 Å². The van der Waals surface area contributed by atoms with Gasteiger partial charge < -0.3 is 10.2 Å². The van der Waals surface area contributed by atoms with Crippen LogP contribution in [0.25, 0.3) is 0 Å². The van der Waals surface area contributed by atoms with Crippen molar-refractivity contribution >= 4 is 35.0 Å². The Hall–Kier alpha value is -2.08. The van der Waals surface area contributed by atoms with E-state index in [1.54, 1.807) is 24.3 Å².